The van der Waals surface area contributed by atoms with Gasteiger partial charge in [-0.3, -0.25) is 9.59 Å². The van der Waals surface area contributed by atoms with Gasteiger partial charge >= 0.3 is 0 Å². The Morgan fingerprint density at radius 1 is 0.545 bits per heavy atom. The van der Waals surface area contributed by atoms with E-state index in [1.807, 2.05) is 38.1 Å². The first kappa shape index (κ1) is 36.3. The topological polar surface area (TPSA) is 96.4 Å². The molecule has 2 amide bonds. The van der Waals surface area contributed by atoms with Crippen LogP contribution in [0.5, 0.6) is 11.5 Å². The maximum atomic E-state index is 13.4. The molecule has 276 valence electrons. The van der Waals surface area contributed by atoms with E-state index < -0.39 is 0 Å². The number of thiazole rings is 2. The number of fused-ring (bicyclic) bond motifs is 6. The maximum absolute atomic E-state index is 13.4. The van der Waals surface area contributed by atoms with E-state index >= 15 is 0 Å². The standard InChI is InChI=1S/C44H38N4O5S2/c1-3-51-27-25-47-37-23-17-29-9-5-7-11-35(29)39(37)54-43(47)45-41(49)31-13-19-33(20-14-31)53-34-21-15-32(16-22-34)42(50)46-44-48(26-28-52-4-2)38-24-18-30-10-6-8-12-36(30)40(38)55-44/h5-24H,3-4,25-28H2,1-2H3. The van der Waals surface area contributed by atoms with Gasteiger partial charge in [0.25, 0.3) is 11.8 Å². The second-order valence-electron chi connectivity index (χ2n) is 12.7. The van der Waals surface area contributed by atoms with Crippen LogP contribution >= 0.6 is 22.7 Å². The zero-order chi connectivity index (χ0) is 37.7. The fourth-order valence-corrected chi connectivity index (χ4v) is 8.95. The summed E-state index contributed by atoms with van der Waals surface area (Å²) in [5.41, 5.74) is 2.94. The zero-order valence-corrected chi connectivity index (χ0v) is 32.1. The minimum atomic E-state index is -0.342. The molecule has 0 atom stereocenters. The lowest BCUT2D eigenvalue weighted by atomic mass is 10.1. The van der Waals surface area contributed by atoms with Gasteiger partial charge in [0.15, 0.2) is 9.60 Å². The van der Waals surface area contributed by atoms with E-state index in [-0.39, 0.29) is 11.8 Å². The summed E-state index contributed by atoms with van der Waals surface area (Å²) >= 11 is 3.01. The number of nitrogens with zero attached hydrogens (tertiary/aromatic N) is 4. The molecular weight excluding hydrogens is 729 g/mol. The number of carbonyl (C=O) groups is 2. The van der Waals surface area contributed by atoms with Crippen LogP contribution in [-0.4, -0.2) is 47.4 Å². The van der Waals surface area contributed by atoms with E-state index in [4.69, 9.17) is 14.2 Å². The monoisotopic (exact) mass is 766 g/mol. The Bertz CT molecular complexity index is 2620. The highest BCUT2D eigenvalue weighted by molar-refractivity contribution is 7.17. The predicted octanol–water partition coefficient (Wildman–Crippen LogP) is 9.37. The molecule has 0 spiro atoms. The molecule has 0 N–H and O–H groups in total. The molecular formula is C44H38N4O5S2. The van der Waals surface area contributed by atoms with Crippen molar-refractivity contribution in [3.63, 3.8) is 0 Å². The smallest absolute Gasteiger partial charge is 0.279 e. The Labute approximate surface area is 325 Å². The normalized spacial score (nSPS) is 12.4. The number of benzene rings is 6. The lowest BCUT2D eigenvalue weighted by Gasteiger charge is -2.07. The van der Waals surface area contributed by atoms with Crippen LogP contribution in [0.25, 0.3) is 42.0 Å². The molecule has 8 rings (SSSR count). The number of amides is 2. The van der Waals surface area contributed by atoms with Crippen molar-refractivity contribution in [2.24, 2.45) is 9.98 Å². The third-order valence-electron chi connectivity index (χ3n) is 9.31. The fourth-order valence-electron chi connectivity index (χ4n) is 6.57. The third-order valence-corrected chi connectivity index (χ3v) is 11.6. The summed E-state index contributed by atoms with van der Waals surface area (Å²) in [7, 11) is 0. The number of hydrogen-bond acceptors (Lipinski definition) is 7. The molecule has 0 aliphatic rings. The summed E-state index contributed by atoms with van der Waals surface area (Å²) in [5, 5.41) is 4.54. The van der Waals surface area contributed by atoms with E-state index in [0.29, 0.717) is 71.7 Å². The van der Waals surface area contributed by atoms with Gasteiger partial charge < -0.3 is 23.3 Å². The summed E-state index contributed by atoms with van der Waals surface area (Å²) in [6.07, 6.45) is 0. The molecule has 2 heterocycles. The van der Waals surface area contributed by atoms with Gasteiger partial charge in [0, 0.05) is 48.2 Å². The van der Waals surface area contributed by atoms with E-state index in [1.54, 1.807) is 48.5 Å². The van der Waals surface area contributed by atoms with Crippen molar-refractivity contribution in [3.05, 3.63) is 142 Å². The average molecular weight is 767 g/mol. The molecule has 8 aromatic rings. The summed E-state index contributed by atoms with van der Waals surface area (Å²) in [4.78, 5) is 37.3. The van der Waals surface area contributed by atoms with Crippen molar-refractivity contribution < 1.29 is 23.8 Å². The Balaban J connectivity index is 1.00. The lowest BCUT2D eigenvalue weighted by molar-refractivity contribution is 0.0988. The molecule has 0 bridgehead atoms. The fraction of sp³-hybridized carbons (Fsp3) is 0.182. The molecule has 0 radical (unpaired) electrons. The van der Waals surface area contributed by atoms with Gasteiger partial charge in [0.1, 0.15) is 11.5 Å². The molecule has 0 fully saturated rings. The van der Waals surface area contributed by atoms with Gasteiger partial charge in [-0.25, -0.2) is 0 Å². The van der Waals surface area contributed by atoms with Crippen molar-refractivity contribution in [1.29, 1.82) is 0 Å². The highest BCUT2D eigenvalue weighted by Gasteiger charge is 2.14. The van der Waals surface area contributed by atoms with Crippen LogP contribution in [0.3, 0.4) is 0 Å². The van der Waals surface area contributed by atoms with Crippen LogP contribution in [0.1, 0.15) is 34.6 Å². The second kappa shape index (κ2) is 16.3. The van der Waals surface area contributed by atoms with Crippen molar-refractivity contribution in [3.8, 4) is 11.5 Å². The van der Waals surface area contributed by atoms with Crippen LogP contribution in [0.4, 0.5) is 0 Å². The lowest BCUT2D eigenvalue weighted by Crippen LogP contribution is -2.19. The minimum absolute atomic E-state index is 0.342. The third kappa shape index (κ3) is 7.65. The minimum Gasteiger partial charge on any atom is -0.457 e. The van der Waals surface area contributed by atoms with Crippen molar-refractivity contribution in [2.45, 2.75) is 26.9 Å². The number of aromatic nitrogens is 2. The molecule has 0 aliphatic carbocycles. The van der Waals surface area contributed by atoms with Gasteiger partial charge in [0.2, 0.25) is 0 Å². The molecule has 0 saturated carbocycles. The van der Waals surface area contributed by atoms with Gasteiger partial charge in [-0.15, -0.1) is 0 Å². The van der Waals surface area contributed by atoms with E-state index in [9.17, 15) is 9.59 Å². The van der Waals surface area contributed by atoms with Crippen LogP contribution in [-0.2, 0) is 22.6 Å². The van der Waals surface area contributed by atoms with Crippen molar-refractivity contribution >= 4 is 76.5 Å². The quantitative estimate of drug-likeness (QED) is 0.116. The molecule has 55 heavy (non-hydrogen) atoms. The van der Waals surface area contributed by atoms with E-state index in [2.05, 4.69) is 67.6 Å². The zero-order valence-electron chi connectivity index (χ0n) is 30.4. The molecule has 0 saturated heterocycles. The van der Waals surface area contributed by atoms with Crippen LogP contribution in [0.15, 0.2) is 131 Å². The van der Waals surface area contributed by atoms with Gasteiger partial charge in [-0.2, -0.15) is 9.98 Å². The number of rotatable bonds is 12. The summed E-state index contributed by atoms with van der Waals surface area (Å²) in [6.45, 7) is 7.37. The number of hydrogen-bond donors (Lipinski definition) is 0. The number of ether oxygens (including phenoxy) is 3. The first-order chi connectivity index (χ1) is 27.0. The summed E-state index contributed by atoms with van der Waals surface area (Å²) in [6, 6.07) is 38.6. The highest BCUT2D eigenvalue weighted by Crippen LogP contribution is 2.29. The molecule has 11 heteroatoms. The van der Waals surface area contributed by atoms with E-state index in [1.165, 1.54) is 22.7 Å². The Morgan fingerprint density at radius 2 is 0.964 bits per heavy atom. The van der Waals surface area contributed by atoms with Crippen LogP contribution in [0, 0.1) is 0 Å². The van der Waals surface area contributed by atoms with Crippen molar-refractivity contribution in [1.82, 2.24) is 9.13 Å². The van der Waals surface area contributed by atoms with Crippen molar-refractivity contribution in [2.75, 3.05) is 26.4 Å². The first-order valence-corrected chi connectivity index (χ1v) is 19.9. The highest BCUT2D eigenvalue weighted by atomic mass is 32.1. The molecule has 9 nitrogen and oxygen atoms in total. The second-order valence-corrected chi connectivity index (χ2v) is 14.7. The van der Waals surface area contributed by atoms with Crippen LogP contribution < -0.4 is 14.3 Å². The van der Waals surface area contributed by atoms with E-state index in [0.717, 1.165) is 42.0 Å². The number of carbonyl (C=O) groups excluding carboxylic acids is 2. The Morgan fingerprint density at radius 3 is 1.38 bits per heavy atom. The van der Waals surface area contributed by atoms with Gasteiger partial charge in [0.05, 0.1) is 33.6 Å². The summed E-state index contributed by atoms with van der Waals surface area (Å²) < 4.78 is 23.7. The molecule has 6 aromatic carbocycles. The Kier molecular flexibility index (Phi) is 10.8. The average Bonchev–Trinajstić information content (AvgIpc) is 3.75. The molecule has 2 aromatic heterocycles. The largest absolute Gasteiger partial charge is 0.457 e. The Hall–Kier alpha value is -5.72. The SMILES string of the molecule is CCOCCn1c(=NC(=O)c2ccc(Oc3ccc(C(=O)N=c4sc5c6ccccc6ccc5n4CCOCC)cc3)cc2)sc2c3ccccc3ccc21. The molecule has 0 unspecified atom stereocenters. The van der Waals surface area contributed by atoms with Gasteiger partial charge in [-0.05, 0) is 85.3 Å². The predicted molar refractivity (Wildman–Crippen MR) is 220 cm³/mol. The first-order valence-electron chi connectivity index (χ1n) is 18.2. The summed E-state index contributed by atoms with van der Waals surface area (Å²) in [5.74, 6) is 0.414. The van der Waals surface area contributed by atoms with Crippen LogP contribution in [0.2, 0.25) is 0 Å². The van der Waals surface area contributed by atoms with Gasteiger partial charge in [-0.1, -0.05) is 83.3 Å². The molecule has 0 aliphatic heterocycles. The maximum Gasteiger partial charge on any atom is 0.279 e.